The first-order chi connectivity index (χ1) is 13.5. The van der Waals surface area contributed by atoms with Crippen molar-refractivity contribution in [2.75, 3.05) is 5.32 Å². The first kappa shape index (κ1) is 19.8. The van der Waals surface area contributed by atoms with Crippen LogP contribution in [-0.4, -0.2) is 11.8 Å². The summed E-state index contributed by atoms with van der Waals surface area (Å²) in [5.41, 5.74) is 3.25. The van der Waals surface area contributed by atoms with E-state index >= 15 is 0 Å². The molecular formula is C23H19IN2O2. The highest BCUT2D eigenvalue weighted by molar-refractivity contribution is 14.1. The number of nitrogens with one attached hydrogen (secondary N) is 2. The number of anilines is 1. The average Bonchev–Trinajstić information content (AvgIpc) is 2.70. The molecule has 0 unspecified atom stereocenters. The number of halogens is 1. The largest absolute Gasteiger partial charge is 0.321 e. The fourth-order valence-electron chi connectivity index (χ4n) is 2.51. The summed E-state index contributed by atoms with van der Waals surface area (Å²) in [4.78, 5) is 25.5. The van der Waals surface area contributed by atoms with Crippen LogP contribution in [0.1, 0.15) is 21.5 Å². The molecule has 5 heteroatoms. The van der Waals surface area contributed by atoms with Gasteiger partial charge < -0.3 is 10.6 Å². The Balaban J connectivity index is 1.85. The van der Waals surface area contributed by atoms with Gasteiger partial charge in [-0.1, -0.05) is 48.0 Å². The standard InChI is InChI=1S/C23H19IN2O2/c1-16-7-13-20(14-8-16)25-23(28)21(15-17-5-3-2-4-6-17)26-22(27)18-9-11-19(24)12-10-18/h2-15H,1H3,(H,25,28)(H,26,27)/b21-15+. The number of rotatable bonds is 5. The normalized spacial score (nSPS) is 11.0. The fraction of sp³-hybridized carbons (Fsp3) is 0.0435. The molecule has 3 rings (SSSR count). The molecule has 2 N–H and O–H groups in total. The van der Waals surface area contributed by atoms with E-state index in [2.05, 4.69) is 33.2 Å². The molecule has 0 aliphatic rings. The van der Waals surface area contributed by atoms with Gasteiger partial charge in [-0.25, -0.2) is 0 Å². The van der Waals surface area contributed by atoms with E-state index in [-0.39, 0.29) is 17.5 Å². The predicted octanol–water partition coefficient (Wildman–Crippen LogP) is 5.01. The number of benzene rings is 3. The van der Waals surface area contributed by atoms with E-state index in [1.54, 1.807) is 18.2 Å². The summed E-state index contributed by atoms with van der Waals surface area (Å²) in [6.07, 6.45) is 1.66. The van der Waals surface area contributed by atoms with Crippen LogP contribution in [0.25, 0.3) is 6.08 Å². The zero-order valence-corrected chi connectivity index (χ0v) is 17.4. The monoisotopic (exact) mass is 482 g/mol. The minimum Gasteiger partial charge on any atom is -0.321 e. The van der Waals surface area contributed by atoms with Crippen molar-refractivity contribution in [1.82, 2.24) is 5.32 Å². The molecule has 0 aromatic heterocycles. The number of hydrogen-bond acceptors (Lipinski definition) is 2. The molecule has 0 atom stereocenters. The Morgan fingerprint density at radius 1 is 0.857 bits per heavy atom. The minimum atomic E-state index is -0.383. The van der Waals surface area contributed by atoms with Crippen LogP contribution in [0.3, 0.4) is 0 Å². The van der Waals surface area contributed by atoms with Crippen LogP contribution in [0, 0.1) is 10.5 Å². The summed E-state index contributed by atoms with van der Waals surface area (Å²) < 4.78 is 1.03. The molecule has 0 saturated carbocycles. The second-order valence-electron chi connectivity index (χ2n) is 6.25. The van der Waals surface area contributed by atoms with Gasteiger partial charge in [0.05, 0.1) is 0 Å². The molecule has 4 nitrogen and oxygen atoms in total. The summed E-state index contributed by atoms with van der Waals surface area (Å²) >= 11 is 2.18. The molecule has 2 amide bonds. The Labute approximate surface area is 177 Å². The van der Waals surface area contributed by atoms with Crippen molar-refractivity contribution >= 4 is 46.2 Å². The molecule has 0 heterocycles. The van der Waals surface area contributed by atoms with Gasteiger partial charge in [-0.15, -0.1) is 0 Å². The van der Waals surface area contributed by atoms with Crippen molar-refractivity contribution in [2.24, 2.45) is 0 Å². The van der Waals surface area contributed by atoms with Gasteiger partial charge in [0.1, 0.15) is 5.70 Å². The SMILES string of the molecule is Cc1ccc(NC(=O)/C(=C\c2ccccc2)NC(=O)c2ccc(I)cc2)cc1. The van der Waals surface area contributed by atoms with Crippen LogP contribution in [0.2, 0.25) is 0 Å². The van der Waals surface area contributed by atoms with E-state index < -0.39 is 0 Å². The summed E-state index contributed by atoms with van der Waals surface area (Å²) in [5.74, 6) is -0.718. The molecule has 28 heavy (non-hydrogen) atoms. The summed E-state index contributed by atoms with van der Waals surface area (Å²) in [5, 5.41) is 5.57. The Kier molecular flexibility index (Phi) is 6.60. The summed E-state index contributed by atoms with van der Waals surface area (Å²) in [7, 11) is 0. The number of amides is 2. The molecule has 0 saturated heterocycles. The molecule has 3 aromatic rings. The maximum absolute atomic E-state index is 12.8. The number of aryl methyl sites for hydroxylation is 1. The molecule has 0 fully saturated rings. The molecule has 0 aliphatic heterocycles. The third kappa shape index (κ3) is 5.53. The predicted molar refractivity (Wildman–Crippen MR) is 121 cm³/mol. The van der Waals surface area contributed by atoms with Crippen LogP contribution in [0.15, 0.2) is 84.6 Å². The maximum Gasteiger partial charge on any atom is 0.272 e. The first-order valence-electron chi connectivity index (χ1n) is 8.73. The lowest BCUT2D eigenvalue weighted by atomic mass is 10.1. The topological polar surface area (TPSA) is 58.2 Å². The van der Waals surface area contributed by atoms with Crippen LogP contribution < -0.4 is 10.6 Å². The van der Waals surface area contributed by atoms with Crippen molar-refractivity contribution in [3.05, 3.63) is 105 Å². The van der Waals surface area contributed by atoms with E-state index in [9.17, 15) is 9.59 Å². The lowest BCUT2D eigenvalue weighted by Crippen LogP contribution is -2.30. The van der Waals surface area contributed by atoms with Crippen LogP contribution in [0.5, 0.6) is 0 Å². The second-order valence-corrected chi connectivity index (χ2v) is 7.50. The number of carbonyl (C=O) groups is 2. The zero-order valence-electron chi connectivity index (χ0n) is 15.3. The number of hydrogen-bond donors (Lipinski definition) is 2. The maximum atomic E-state index is 12.8. The number of carbonyl (C=O) groups excluding carboxylic acids is 2. The van der Waals surface area contributed by atoms with E-state index in [0.717, 1.165) is 14.7 Å². The molecule has 0 radical (unpaired) electrons. The minimum absolute atomic E-state index is 0.176. The van der Waals surface area contributed by atoms with E-state index in [4.69, 9.17) is 0 Å². The van der Waals surface area contributed by atoms with Crippen molar-refractivity contribution in [1.29, 1.82) is 0 Å². The van der Waals surface area contributed by atoms with E-state index in [1.165, 1.54) is 0 Å². The third-order valence-electron chi connectivity index (χ3n) is 4.02. The Morgan fingerprint density at radius 3 is 2.14 bits per heavy atom. The van der Waals surface area contributed by atoms with Crippen molar-refractivity contribution in [2.45, 2.75) is 6.92 Å². The van der Waals surface area contributed by atoms with Crippen LogP contribution in [0.4, 0.5) is 5.69 Å². The lowest BCUT2D eigenvalue weighted by molar-refractivity contribution is -0.113. The van der Waals surface area contributed by atoms with Gasteiger partial charge in [-0.3, -0.25) is 9.59 Å². The molecular weight excluding hydrogens is 463 g/mol. The van der Waals surface area contributed by atoms with Gasteiger partial charge >= 0.3 is 0 Å². The average molecular weight is 482 g/mol. The van der Waals surface area contributed by atoms with E-state index in [0.29, 0.717) is 11.3 Å². The van der Waals surface area contributed by atoms with Gasteiger partial charge in [0.2, 0.25) is 0 Å². The molecule has 0 spiro atoms. The highest BCUT2D eigenvalue weighted by Gasteiger charge is 2.15. The quantitative estimate of drug-likeness (QED) is 0.397. The van der Waals surface area contributed by atoms with Crippen molar-refractivity contribution in [3.63, 3.8) is 0 Å². The van der Waals surface area contributed by atoms with Crippen molar-refractivity contribution < 1.29 is 9.59 Å². The van der Waals surface area contributed by atoms with E-state index in [1.807, 2.05) is 73.7 Å². The fourth-order valence-corrected chi connectivity index (χ4v) is 2.86. The molecule has 140 valence electrons. The molecule has 3 aromatic carbocycles. The van der Waals surface area contributed by atoms with Gasteiger partial charge in [0, 0.05) is 14.8 Å². The van der Waals surface area contributed by atoms with Crippen molar-refractivity contribution in [3.8, 4) is 0 Å². The van der Waals surface area contributed by atoms with Gasteiger partial charge in [-0.2, -0.15) is 0 Å². The van der Waals surface area contributed by atoms with Gasteiger partial charge in [0.25, 0.3) is 11.8 Å². The Hall–Kier alpha value is -2.93. The second kappa shape index (κ2) is 9.32. The highest BCUT2D eigenvalue weighted by atomic mass is 127. The third-order valence-corrected chi connectivity index (χ3v) is 4.74. The highest BCUT2D eigenvalue weighted by Crippen LogP contribution is 2.13. The van der Waals surface area contributed by atoms with Crippen LogP contribution in [-0.2, 0) is 4.79 Å². The lowest BCUT2D eigenvalue weighted by Gasteiger charge is -2.12. The first-order valence-corrected chi connectivity index (χ1v) is 9.81. The zero-order chi connectivity index (χ0) is 19.9. The van der Waals surface area contributed by atoms with Gasteiger partial charge in [-0.05, 0) is 77.6 Å². The summed E-state index contributed by atoms with van der Waals surface area (Å²) in [6.45, 7) is 1.98. The molecule has 0 bridgehead atoms. The van der Waals surface area contributed by atoms with Gasteiger partial charge in [0.15, 0.2) is 0 Å². The Bertz CT molecular complexity index is 995. The smallest absolute Gasteiger partial charge is 0.272 e. The molecule has 0 aliphatic carbocycles. The summed E-state index contributed by atoms with van der Waals surface area (Å²) in [6, 6.07) is 24.0. The van der Waals surface area contributed by atoms with Crippen LogP contribution >= 0.6 is 22.6 Å². The Morgan fingerprint density at radius 2 is 1.50 bits per heavy atom.